The largest absolute Gasteiger partial charge is 0.493 e. The van der Waals surface area contributed by atoms with E-state index in [1.54, 1.807) is 0 Å². The quantitative estimate of drug-likeness (QED) is 0.338. The van der Waals surface area contributed by atoms with Gasteiger partial charge in [0, 0.05) is 24.6 Å². The van der Waals surface area contributed by atoms with Gasteiger partial charge in [0.2, 0.25) is 5.91 Å². The fourth-order valence-corrected chi connectivity index (χ4v) is 5.37. The van der Waals surface area contributed by atoms with Crippen LogP contribution in [0, 0.1) is 18.3 Å². The van der Waals surface area contributed by atoms with Crippen molar-refractivity contribution in [3.05, 3.63) is 29.3 Å². The Kier molecular flexibility index (Phi) is 11.4. The van der Waals surface area contributed by atoms with Crippen LogP contribution in [0.1, 0.15) is 115 Å². The first-order valence-corrected chi connectivity index (χ1v) is 13.5. The zero-order chi connectivity index (χ0) is 25.1. The summed E-state index contributed by atoms with van der Waals surface area (Å²) in [6.07, 6.45) is 13.0. The van der Waals surface area contributed by atoms with Gasteiger partial charge in [-0.2, -0.15) is 0 Å². The molecule has 5 nitrogen and oxygen atoms in total. The Hall–Kier alpha value is -2.04. The minimum absolute atomic E-state index is 0.0370. The lowest BCUT2D eigenvalue weighted by Crippen LogP contribution is -2.37. The van der Waals surface area contributed by atoms with Crippen LogP contribution >= 0.6 is 0 Å². The van der Waals surface area contributed by atoms with E-state index in [0.29, 0.717) is 11.5 Å². The van der Waals surface area contributed by atoms with E-state index in [4.69, 9.17) is 4.74 Å². The second-order valence-electron chi connectivity index (χ2n) is 10.8. The Balaban J connectivity index is 0.000000509. The van der Waals surface area contributed by atoms with Crippen molar-refractivity contribution in [3.8, 4) is 5.75 Å². The molecule has 3 rings (SSSR count). The molecule has 0 spiro atoms. The van der Waals surface area contributed by atoms with Gasteiger partial charge in [0.05, 0.1) is 6.61 Å². The van der Waals surface area contributed by atoms with E-state index in [9.17, 15) is 9.59 Å². The van der Waals surface area contributed by atoms with Gasteiger partial charge in [-0.1, -0.05) is 26.7 Å². The summed E-state index contributed by atoms with van der Waals surface area (Å²) in [6, 6.07) is 6.46. The van der Waals surface area contributed by atoms with Gasteiger partial charge in [0.25, 0.3) is 5.91 Å². The summed E-state index contributed by atoms with van der Waals surface area (Å²) in [7, 11) is 0. The molecule has 0 aromatic heterocycles. The molecule has 0 saturated heterocycles. The molecule has 2 saturated carbocycles. The molecule has 0 bridgehead atoms. The highest BCUT2D eigenvalue weighted by molar-refractivity contribution is 5.94. The second kappa shape index (κ2) is 13.7. The monoisotopic (exact) mass is 472 g/mol. The van der Waals surface area contributed by atoms with E-state index in [2.05, 4.69) is 24.5 Å². The summed E-state index contributed by atoms with van der Waals surface area (Å²) >= 11 is 0. The molecule has 2 amide bonds. The number of carbonyl (C=O) groups is 2. The normalized spacial score (nSPS) is 16.8. The molecule has 0 unspecified atom stereocenters. The van der Waals surface area contributed by atoms with Crippen LogP contribution in [0.2, 0.25) is 0 Å². The van der Waals surface area contributed by atoms with Crippen molar-refractivity contribution in [3.63, 3.8) is 0 Å². The molecule has 0 aliphatic heterocycles. The first-order chi connectivity index (χ1) is 16.2. The minimum Gasteiger partial charge on any atom is -0.493 e. The van der Waals surface area contributed by atoms with Crippen LogP contribution in [0.3, 0.4) is 0 Å². The molecule has 2 N–H and O–H groups in total. The zero-order valence-corrected chi connectivity index (χ0v) is 22.5. The SMILES string of the molecule is CC(=O)NC(C)C.CCCC1(CCC)CC(CCCOc2ccc(C(=O)NC3CC3)cc2C)C1. The number of hydrogen-bond acceptors (Lipinski definition) is 3. The molecule has 2 fully saturated rings. The number of aryl methyl sites for hydroxylation is 1. The number of hydrogen-bond donors (Lipinski definition) is 2. The van der Waals surface area contributed by atoms with Crippen LogP contribution in [0.15, 0.2) is 18.2 Å². The predicted molar refractivity (Wildman–Crippen MR) is 140 cm³/mol. The van der Waals surface area contributed by atoms with Crippen molar-refractivity contribution in [1.29, 1.82) is 0 Å². The number of carbonyl (C=O) groups excluding carboxylic acids is 2. The van der Waals surface area contributed by atoms with E-state index >= 15 is 0 Å². The van der Waals surface area contributed by atoms with Crippen LogP contribution in [0.5, 0.6) is 5.75 Å². The molecule has 34 heavy (non-hydrogen) atoms. The van der Waals surface area contributed by atoms with Gasteiger partial charge in [0.1, 0.15) is 5.75 Å². The summed E-state index contributed by atoms with van der Waals surface area (Å²) in [6.45, 7) is 12.8. The fourth-order valence-electron chi connectivity index (χ4n) is 5.37. The third kappa shape index (κ3) is 9.68. The van der Waals surface area contributed by atoms with Crippen LogP contribution in [0.25, 0.3) is 0 Å². The van der Waals surface area contributed by atoms with Crippen molar-refractivity contribution >= 4 is 11.8 Å². The maximum absolute atomic E-state index is 12.1. The standard InChI is InChI=1S/C24H37NO2.C5H11NO/c1-4-12-24(13-5-2)16-19(17-24)7-6-14-27-22-11-8-20(15-18(22)3)23(26)25-21-9-10-21;1-4(2)6-5(3)7/h8,11,15,19,21H,4-7,9-10,12-14,16-17H2,1-3H3,(H,25,26);4H,1-3H3,(H,6,7). The average molecular weight is 473 g/mol. The van der Waals surface area contributed by atoms with Crippen LogP contribution in [-0.4, -0.2) is 30.5 Å². The molecule has 5 heteroatoms. The first kappa shape index (κ1) is 28.2. The Morgan fingerprint density at radius 1 is 1.12 bits per heavy atom. The van der Waals surface area contributed by atoms with Gasteiger partial charge < -0.3 is 15.4 Å². The average Bonchev–Trinajstić information content (AvgIpc) is 3.54. The molecule has 2 aliphatic carbocycles. The highest BCUT2D eigenvalue weighted by Gasteiger charge is 2.41. The van der Waals surface area contributed by atoms with Gasteiger partial charge >= 0.3 is 0 Å². The van der Waals surface area contributed by atoms with Gasteiger partial charge in [-0.3, -0.25) is 9.59 Å². The molecule has 1 aromatic rings. The number of benzene rings is 1. The molecular formula is C29H48N2O3. The van der Waals surface area contributed by atoms with Crippen molar-refractivity contribution in [1.82, 2.24) is 10.6 Å². The van der Waals surface area contributed by atoms with Gasteiger partial charge in [-0.15, -0.1) is 0 Å². The van der Waals surface area contributed by atoms with Gasteiger partial charge in [-0.25, -0.2) is 0 Å². The Morgan fingerprint density at radius 3 is 2.24 bits per heavy atom. The summed E-state index contributed by atoms with van der Waals surface area (Å²) in [5, 5.41) is 5.71. The number of nitrogens with one attached hydrogen (secondary N) is 2. The predicted octanol–water partition coefficient (Wildman–Crippen LogP) is 6.57. The van der Waals surface area contributed by atoms with Gasteiger partial charge in [0.15, 0.2) is 0 Å². The summed E-state index contributed by atoms with van der Waals surface area (Å²) in [5.74, 6) is 1.90. The summed E-state index contributed by atoms with van der Waals surface area (Å²) in [5.41, 5.74) is 2.46. The third-order valence-corrected chi connectivity index (χ3v) is 6.86. The van der Waals surface area contributed by atoms with E-state index in [0.717, 1.165) is 48.7 Å². The minimum atomic E-state index is 0.0370. The molecule has 0 heterocycles. The van der Waals surface area contributed by atoms with Crippen LogP contribution in [-0.2, 0) is 4.79 Å². The van der Waals surface area contributed by atoms with Crippen molar-refractivity contribution in [2.45, 2.75) is 118 Å². The number of amides is 2. The van der Waals surface area contributed by atoms with Gasteiger partial charge in [-0.05, 0) is 107 Å². The van der Waals surface area contributed by atoms with E-state index < -0.39 is 0 Å². The Morgan fingerprint density at radius 2 is 1.76 bits per heavy atom. The Labute approximate surface area is 207 Å². The fraction of sp³-hybridized carbons (Fsp3) is 0.724. The summed E-state index contributed by atoms with van der Waals surface area (Å²) < 4.78 is 6.00. The number of ether oxygens (including phenoxy) is 1. The highest BCUT2D eigenvalue weighted by Crippen LogP contribution is 2.53. The topological polar surface area (TPSA) is 67.4 Å². The highest BCUT2D eigenvalue weighted by atomic mass is 16.5. The molecule has 192 valence electrons. The second-order valence-corrected chi connectivity index (χ2v) is 10.8. The molecule has 1 aromatic carbocycles. The molecule has 0 radical (unpaired) electrons. The number of rotatable bonds is 12. The maximum Gasteiger partial charge on any atom is 0.251 e. The zero-order valence-electron chi connectivity index (χ0n) is 22.5. The lowest BCUT2D eigenvalue weighted by Gasteiger charge is -2.48. The first-order valence-electron chi connectivity index (χ1n) is 13.5. The Bertz CT molecular complexity index is 772. The summed E-state index contributed by atoms with van der Waals surface area (Å²) in [4.78, 5) is 22.3. The van der Waals surface area contributed by atoms with Crippen molar-refractivity contribution < 1.29 is 14.3 Å². The molecule has 2 aliphatic rings. The van der Waals surface area contributed by atoms with E-state index in [1.807, 2.05) is 39.0 Å². The van der Waals surface area contributed by atoms with Crippen LogP contribution in [0.4, 0.5) is 0 Å². The van der Waals surface area contributed by atoms with E-state index in [-0.39, 0.29) is 17.9 Å². The van der Waals surface area contributed by atoms with Crippen molar-refractivity contribution in [2.75, 3.05) is 6.61 Å². The lowest BCUT2D eigenvalue weighted by atomic mass is 9.57. The lowest BCUT2D eigenvalue weighted by molar-refractivity contribution is -0.119. The van der Waals surface area contributed by atoms with Crippen molar-refractivity contribution in [2.24, 2.45) is 11.3 Å². The molecule has 0 atom stereocenters. The molecular weight excluding hydrogens is 424 g/mol. The van der Waals surface area contributed by atoms with Crippen LogP contribution < -0.4 is 15.4 Å². The van der Waals surface area contributed by atoms with E-state index in [1.165, 1.54) is 51.9 Å². The maximum atomic E-state index is 12.1. The smallest absolute Gasteiger partial charge is 0.251 e. The third-order valence-electron chi connectivity index (χ3n) is 6.86.